The van der Waals surface area contributed by atoms with Crippen molar-refractivity contribution in [3.63, 3.8) is 0 Å². The maximum atomic E-state index is 12.1. The molecule has 0 radical (unpaired) electrons. The molecule has 4 heteroatoms. The van der Waals surface area contributed by atoms with E-state index in [2.05, 4.69) is 19.2 Å². The average molecular weight is 268 g/mol. The third-order valence-electron chi connectivity index (χ3n) is 4.91. The van der Waals surface area contributed by atoms with Crippen molar-refractivity contribution in [2.45, 2.75) is 52.1 Å². The summed E-state index contributed by atoms with van der Waals surface area (Å²) < 4.78 is 5.75. The van der Waals surface area contributed by atoms with E-state index in [1.807, 2.05) is 4.90 Å². The van der Waals surface area contributed by atoms with Gasteiger partial charge in [0, 0.05) is 13.1 Å². The lowest BCUT2D eigenvalue weighted by Gasteiger charge is -2.39. The van der Waals surface area contributed by atoms with Crippen molar-refractivity contribution in [1.29, 1.82) is 0 Å². The monoisotopic (exact) mass is 268 g/mol. The summed E-state index contributed by atoms with van der Waals surface area (Å²) in [6.45, 7) is 8.68. The molecule has 0 aromatic rings. The summed E-state index contributed by atoms with van der Waals surface area (Å²) in [4.78, 5) is 14.1. The molecule has 1 amide bonds. The van der Waals surface area contributed by atoms with Crippen LogP contribution in [0.4, 0.5) is 0 Å². The fourth-order valence-corrected chi connectivity index (χ4v) is 2.89. The first-order valence-electron chi connectivity index (χ1n) is 7.73. The van der Waals surface area contributed by atoms with Crippen LogP contribution < -0.4 is 5.32 Å². The Morgan fingerprint density at radius 3 is 2.53 bits per heavy atom. The summed E-state index contributed by atoms with van der Waals surface area (Å²) in [6.07, 6.45) is 5.80. The van der Waals surface area contributed by atoms with E-state index in [0.29, 0.717) is 5.41 Å². The molecule has 0 aromatic heterocycles. The van der Waals surface area contributed by atoms with Crippen LogP contribution in [0, 0.1) is 5.41 Å². The van der Waals surface area contributed by atoms with E-state index >= 15 is 0 Å². The van der Waals surface area contributed by atoms with E-state index < -0.39 is 0 Å². The van der Waals surface area contributed by atoms with Gasteiger partial charge in [0.2, 0.25) is 5.91 Å². The van der Waals surface area contributed by atoms with Crippen LogP contribution in [-0.4, -0.2) is 49.7 Å². The van der Waals surface area contributed by atoms with Crippen molar-refractivity contribution in [3.8, 4) is 0 Å². The number of rotatable bonds is 4. The van der Waals surface area contributed by atoms with Gasteiger partial charge in [0.1, 0.15) is 6.61 Å². The molecule has 2 saturated heterocycles. The van der Waals surface area contributed by atoms with Gasteiger partial charge in [-0.3, -0.25) is 4.79 Å². The standard InChI is InChI=1S/C15H28N2O2/c1-3-15(2)6-10-17(11-7-15)14(18)12-19-13-4-8-16-9-5-13/h13,16H,3-12H2,1-2H3. The third-order valence-corrected chi connectivity index (χ3v) is 4.91. The highest BCUT2D eigenvalue weighted by Crippen LogP contribution is 2.33. The molecule has 2 fully saturated rings. The number of hydrogen-bond donors (Lipinski definition) is 1. The Morgan fingerprint density at radius 1 is 1.32 bits per heavy atom. The molecular formula is C15H28N2O2. The number of nitrogens with zero attached hydrogens (tertiary/aromatic N) is 1. The molecule has 0 unspecified atom stereocenters. The lowest BCUT2D eigenvalue weighted by atomic mass is 9.78. The number of nitrogens with one attached hydrogen (secondary N) is 1. The van der Waals surface area contributed by atoms with Crippen molar-refractivity contribution in [1.82, 2.24) is 10.2 Å². The summed E-state index contributed by atoms with van der Waals surface area (Å²) in [6, 6.07) is 0. The van der Waals surface area contributed by atoms with Gasteiger partial charge in [0.05, 0.1) is 6.10 Å². The smallest absolute Gasteiger partial charge is 0.248 e. The number of ether oxygens (including phenoxy) is 1. The van der Waals surface area contributed by atoms with Gasteiger partial charge in [-0.15, -0.1) is 0 Å². The maximum absolute atomic E-state index is 12.1. The van der Waals surface area contributed by atoms with E-state index in [1.54, 1.807) is 0 Å². The summed E-state index contributed by atoms with van der Waals surface area (Å²) in [5, 5.41) is 3.31. The zero-order valence-corrected chi connectivity index (χ0v) is 12.4. The van der Waals surface area contributed by atoms with Crippen LogP contribution in [0.2, 0.25) is 0 Å². The van der Waals surface area contributed by atoms with Crippen molar-refractivity contribution >= 4 is 5.91 Å². The highest BCUT2D eigenvalue weighted by Gasteiger charge is 2.30. The van der Waals surface area contributed by atoms with E-state index in [-0.39, 0.29) is 18.6 Å². The van der Waals surface area contributed by atoms with Gasteiger partial charge in [-0.1, -0.05) is 20.3 Å². The molecular weight excluding hydrogens is 240 g/mol. The predicted octanol–water partition coefficient (Wildman–Crippen LogP) is 1.79. The minimum Gasteiger partial charge on any atom is -0.368 e. The lowest BCUT2D eigenvalue weighted by molar-refractivity contribution is -0.140. The van der Waals surface area contributed by atoms with Gasteiger partial charge in [-0.25, -0.2) is 0 Å². The Bertz CT molecular complexity index is 293. The van der Waals surface area contributed by atoms with Crippen LogP contribution in [0.3, 0.4) is 0 Å². The Kier molecular flexibility index (Phi) is 5.22. The highest BCUT2D eigenvalue weighted by molar-refractivity contribution is 5.77. The normalized spacial score (nSPS) is 24.4. The number of carbonyl (C=O) groups is 1. The molecule has 0 aliphatic carbocycles. The first-order valence-corrected chi connectivity index (χ1v) is 7.73. The summed E-state index contributed by atoms with van der Waals surface area (Å²) in [5.41, 5.74) is 0.437. The molecule has 1 N–H and O–H groups in total. The number of hydrogen-bond acceptors (Lipinski definition) is 3. The molecule has 0 saturated carbocycles. The van der Waals surface area contributed by atoms with Crippen LogP contribution in [-0.2, 0) is 9.53 Å². The quantitative estimate of drug-likeness (QED) is 0.845. The Balaban J connectivity index is 1.69. The van der Waals surface area contributed by atoms with E-state index in [1.165, 1.54) is 6.42 Å². The molecule has 0 aromatic carbocycles. The van der Waals surface area contributed by atoms with Gasteiger partial charge in [0.25, 0.3) is 0 Å². The fourth-order valence-electron chi connectivity index (χ4n) is 2.89. The molecule has 2 aliphatic rings. The van der Waals surface area contributed by atoms with Gasteiger partial charge in [-0.05, 0) is 44.2 Å². The first kappa shape index (κ1) is 14.8. The number of carbonyl (C=O) groups excluding carboxylic acids is 1. The minimum absolute atomic E-state index is 0.177. The maximum Gasteiger partial charge on any atom is 0.248 e. The summed E-state index contributed by atoms with van der Waals surface area (Å²) in [5.74, 6) is 0.177. The number of piperidine rings is 2. The Hall–Kier alpha value is -0.610. The van der Waals surface area contributed by atoms with Crippen molar-refractivity contribution < 1.29 is 9.53 Å². The largest absolute Gasteiger partial charge is 0.368 e. The van der Waals surface area contributed by atoms with Crippen LogP contribution >= 0.6 is 0 Å². The molecule has 2 heterocycles. The highest BCUT2D eigenvalue weighted by atomic mass is 16.5. The average Bonchev–Trinajstić information content (AvgIpc) is 2.47. The van der Waals surface area contributed by atoms with Gasteiger partial charge < -0.3 is 15.0 Å². The van der Waals surface area contributed by atoms with Crippen LogP contribution in [0.15, 0.2) is 0 Å². The second-order valence-corrected chi connectivity index (χ2v) is 6.31. The molecule has 2 rings (SSSR count). The Labute approximate surface area is 116 Å². The number of likely N-dealkylation sites (tertiary alicyclic amines) is 1. The molecule has 0 spiro atoms. The minimum atomic E-state index is 0.177. The topological polar surface area (TPSA) is 41.6 Å². The summed E-state index contributed by atoms with van der Waals surface area (Å²) >= 11 is 0. The lowest BCUT2D eigenvalue weighted by Crippen LogP contribution is -2.44. The zero-order valence-electron chi connectivity index (χ0n) is 12.4. The van der Waals surface area contributed by atoms with Crippen molar-refractivity contribution in [2.24, 2.45) is 5.41 Å². The first-order chi connectivity index (χ1) is 9.13. The van der Waals surface area contributed by atoms with Crippen molar-refractivity contribution in [3.05, 3.63) is 0 Å². The van der Waals surface area contributed by atoms with Gasteiger partial charge in [0.15, 0.2) is 0 Å². The second-order valence-electron chi connectivity index (χ2n) is 6.31. The molecule has 110 valence electrons. The van der Waals surface area contributed by atoms with Crippen LogP contribution in [0.25, 0.3) is 0 Å². The number of amides is 1. The van der Waals surface area contributed by atoms with Gasteiger partial charge >= 0.3 is 0 Å². The molecule has 19 heavy (non-hydrogen) atoms. The van der Waals surface area contributed by atoms with E-state index in [4.69, 9.17) is 4.74 Å². The molecule has 0 atom stereocenters. The van der Waals surface area contributed by atoms with Gasteiger partial charge in [-0.2, -0.15) is 0 Å². The summed E-state index contributed by atoms with van der Waals surface area (Å²) in [7, 11) is 0. The Morgan fingerprint density at radius 2 is 1.95 bits per heavy atom. The predicted molar refractivity (Wildman–Crippen MR) is 76.1 cm³/mol. The second kappa shape index (κ2) is 6.71. The molecule has 4 nitrogen and oxygen atoms in total. The van der Waals surface area contributed by atoms with Crippen molar-refractivity contribution in [2.75, 3.05) is 32.8 Å². The van der Waals surface area contributed by atoms with E-state index in [9.17, 15) is 4.79 Å². The third kappa shape index (κ3) is 4.18. The molecule has 0 bridgehead atoms. The van der Waals surface area contributed by atoms with E-state index in [0.717, 1.165) is 51.9 Å². The zero-order chi connectivity index (χ0) is 13.7. The van der Waals surface area contributed by atoms with Crippen LogP contribution in [0.1, 0.15) is 46.0 Å². The van der Waals surface area contributed by atoms with Crippen LogP contribution in [0.5, 0.6) is 0 Å². The SMILES string of the molecule is CCC1(C)CCN(C(=O)COC2CCNCC2)CC1. The molecule has 2 aliphatic heterocycles. The fraction of sp³-hybridized carbons (Fsp3) is 0.933.